The summed E-state index contributed by atoms with van der Waals surface area (Å²) in [5.41, 5.74) is 11.9. The van der Waals surface area contributed by atoms with E-state index in [-0.39, 0.29) is 0 Å². The van der Waals surface area contributed by atoms with Crippen molar-refractivity contribution < 1.29 is 0 Å². The minimum atomic E-state index is 0.705. The van der Waals surface area contributed by atoms with Gasteiger partial charge in [-0.1, -0.05) is 152 Å². The summed E-state index contributed by atoms with van der Waals surface area (Å²) in [7, 11) is 0. The molecule has 0 atom stereocenters. The SMILES string of the molecule is c1ccc(-c2cc(-c3ccc(-c4ccc(-c5ccc[nH]5)c5ccccc45)cc3)nc(-c3ccc(-c4ccc5ccccc5c4)cc3)n2)cc1. The molecule has 7 aromatic carbocycles. The molecule has 9 rings (SSSR count). The quantitative estimate of drug-likeness (QED) is 0.200. The molecule has 2 aromatic heterocycles. The number of nitrogens with zero attached hydrogens (tertiary/aromatic N) is 2. The van der Waals surface area contributed by atoms with E-state index in [9.17, 15) is 0 Å². The molecule has 0 radical (unpaired) electrons. The summed E-state index contributed by atoms with van der Waals surface area (Å²) < 4.78 is 0. The minimum absolute atomic E-state index is 0.705. The molecule has 0 saturated heterocycles. The van der Waals surface area contributed by atoms with E-state index in [0.29, 0.717) is 5.82 Å². The maximum absolute atomic E-state index is 5.12. The monoisotopic (exact) mass is 625 g/mol. The van der Waals surface area contributed by atoms with E-state index in [1.165, 1.54) is 43.8 Å². The molecule has 0 aliphatic heterocycles. The number of fused-ring (bicyclic) bond motifs is 2. The highest BCUT2D eigenvalue weighted by Gasteiger charge is 2.13. The van der Waals surface area contributed by atoms with Gasteiger partial charge in [0.1, 0.15) is 0 Å². The van der Waals surface area contributed by atoms with Crippen molar-refractivity contribution in [2.24, 2.45) is 0 Å². The molecule has 2 heterocycles. The van der Waals surface area contributed by atoms with Crippen LogP contribution in [0, 0.1) is 0 Å². The molecule has 230 valence electrons. The summed E-state index contributed by atoms with van der Waals surface area (Å²) in [5.74, 6) is 0.705. The van der Waals surface area contributed by atoms with E-state index >= 15 is 0 Å². The van der Waals surface area contributed by atoms with E-state index < -0.39 is 0 Å². The van der Waals surface area contributed by atoms with Gasteiger partial charge in [0.2, 0.25) is 0 Å². The molecular formula is C46H31N3. The maximum atomic E-state index is 5.12. The van der Waals surface area contributed by atoms with Crippen LogP contribution in [-0.2, 0) is 0 Å². The fourth-order valence-corrected chi connectivity index (χ4v) is 6.77. The number of H-pyrrole nitrogens is 1. The fraction of sp³-hybridized carbons (Fsp3) is 0. The molecule has 3 heteroatoms. The number of aromatic nitrogens is 3. The Morgan fingerprint density at radius 1 is 0.347 bits per heavy atom. The van der Waals surface area contributed by atoms with Crippen LogP contribution in [0.1, 0.15) is 0 Å². The number of benzene rings is 7. The largest absolute Gasteiger partial charge is 0.361 e. The third-order valence-electron chi connectivity index (χ3n) is 9.33. The number of hydrogen-bond donors (Lipinski definition) is 1. The Balaban J connectivity index is 1.09. The molecule has 0 saturated carbocycles. The van der Waals surface area contributed by atoms with Gasteiger partial charge in [0.05, 0.1) is 11.4 Å². The second-order valence-electron chi connectivity index (χ2n) is 12.3. The molecule has 0 spiro atoms. The van der Waals surface area contributed by atoms with Crippen LogP contribution in [-0.4, -0.2) is 15.0 Å². The average Bonchev–Trinajstić information content (AvgIpc) is 3.73. The molecule has 9 aromatic rings. The van der Waals surface area contributed by atoms with Crippen molar-refractivity contribution in [2.75, 3.05) is 0 Å². The lowest BCUT2D eigenvalue weighted by molar-refractivity contribution is 1.18. The van der Waals surface area contributed by atoms with E-state index in [1.54, 1.807) is 0 Å². The minimum Gasteiger partial charge on any atom is -0.361 e. The van der Waals surface area contributed by atoms with Crippen molar-refractivity contribution in [1.29, 1.82) is 0 Å². The van der Waals surface area contributed by atoms with Gasteiger partial charge in [0.25, 0.3) is 0 Å². The first kappa shape index (κ1) is 28.6. The van der Waals surface area contributed by atoms with Crippen molar-refractivity contribution in [3.63, 3.8) is 0 Å². The van der Waals surface area contributed by atoms with Gasteiger partial charge in [0.15, 0.2) is 5.82 Å². The highest BCUT2D eigenvalue weighted by molar-refractivity contribution is 6.04. The van der Waals surface area contributed by atoms with E-state index in [4.69, 9.17) is 9.97 Å². The Morgan fingerprint density at radius 2 is 0.918 bits per heavy atom. The molecule has 0 fully saturated rings. The zero-order valence-electron chi connectivity index (χ0n) is 26.7. The van der Waals surface area contributed by atoms with Crippen molar-refractivity contribution in [1.82, 2.24) is 15.0 Å². The second kappa shape index (κ2) is 12.2. The van der Waals surface area contributed by atoms with Gasteiger partial charge >= 0.3 is 0 Å². The lowest BCUT2D eigenvalue weighted by atomic mass is 9.93. The summed E-state index contributed by atoms with van der Waals surface area (Å²) in [5, 5.41) is 4.94. The Hall–Kier alpha value is -6.58. The van der Waals surface area contributed by atoms with E-state index in [2.05, 4.69) is 169 Å². The van der Waals surface area contributed by atoms with Gasteiger partial charge < -0.3 is 4.98 Å². The van der Waals surface area contributed by atoms with Crippen LogP contribution >= 0.6 is 0 Å². The summed E-state index contributed by atoms with van der Waals surface area (Å²) in [6.45, 7) is 0. The van der Waals surface area contributed by atoms with Crippen LogP contribution in [0.4, 0.5) is 0 Å². The Labute approximate surface area is 285 Å². The average molecular weight is 626 g/mol. The van der Waals surface area contributed by atoms with Gasteiger partial charge in [-0.3, -0.25) is 0 Å². The lowest BCUT2D eigenvalue weighted by Crippen LogP contribution is -1.96. The molecule has 3 nitrogen and oxygen atoms in total. The lowest BCUT2D eigenvalue weighted by Gasteiger charge is -2.13. The molecule has 0 aliphatic rings. The first-order valence-electron chi connectivity index (χ1n) is 16.6. The van der Waals surface area contributed by atoms with Gasteiger partial charge in [-0.05, 0) is 68.1 Å². The van der Waals surface area contributed by atoms with Crippen LogP contribution in [0.3, 0.4) is 0 Å². The molecule has 0 aliphatic carbocycles. The maximum Gasteiger partial charge on any atom is 0.160 e. The fourth-order valence-electron chi connectivity index (χ4n) is 6.77. The van der Waals surface area contributed by atoms with Crippen molar-refractivity contribution in [3.8, 4) is 67.4 Å². The van der Waals surface area contributed by atoms with Gasteiger partial charge in [-0.15, -0.1) is 0 Å². The first-order chi connectivity index (χ1) is 24.3. The molecular weight excluding hydrogens is 595 g/mol. The predicted octanol–water partition coefficient (Wildman–Crippen LogP) is 12.1. The zero-order valence-corrected chi connectivity index (χ0v) is 26.7. The second-order valence-corrected chi connectivity index (χ2v) is 12.3. The van der Waals surface area contributed by atoms with Gasteiger partial charge in [-0.2, -0.15) is 0 Å². The number of hydrogen-bond acceptors (Lipinski definition) is 2. The number of rotatable bonds is 6. The summed E-state index contributed by atoms with van der Waals surface area (Å²) in [6.07, 6.45) is 1.97. The van der Waals surface area contributed by atoms with Crippen molar-refractivity contribution in [2.45, 2.75) is 0 Å². The Morgan fingerprint density at radius 3 is 1.65 bits per heavy atom. The molecule has 0 amide bonds. The van der Waals surface area contributed by atoms with E-state index in [1.807, 2.05) is 18.3 Å². The Kier molecular flexibility index (Phi) is 7.14. The van der Waals surface area contributed by atoms with Crippen LogP contribution in [0.2, 0.25) is 0 Å². The van der Waals surface area contributed by atoms with Crippen LogP contribution in [0.15, 0.2) is 182 Å². The molecule has 49 heavy (non-hydrogen) atoms. The highest BCUT2D eigenvalue weighted by Crippen LogP contribution is 2.36. The molecule has 1 N–H and O–H groups in total. The van der Waals surface area contributed by atoms with Crippen LogP contribution in [0.25, 0.3) is 89.0 Å². The number of aromatic amines is 1. The van der Waals surface area contributed by atoms with Gasteiger partial charge in [0, 0.05) is 34.1 Å². The number of nitrogens with one attached hydrogen (secondary N) is 1. The standard InChI is InChI=1S/C46H31N3/c1-2-10-34(11-3-1)44-30-45(49-46(48-44)36-23-16-32(17-24-36)38-25-18-31-9-4-5-12-37(31)29-38)35-21-19-33(20-22-35)39-26-27-42(43-15-8-28-47-43)41-14-7-6-13-40(39)41/h1-30,47H. The summed E-state index contributed by atoms with van der Waals surface area (Å²) in [4.78, 5) is 13.5. The van der Waals surface area contributed by atoms with Crippen LogP contribution in [0.5, 0.6) is 0 Å². The summed E-state index contributed by atoms with van der Waals surface area (Å²) in [6, 6.07) is 62.1. The summed E-state index contributed by atoms with van der Waals surface area (Å²) >= 11 is 0. The molecule has 0 unspecified atom stereocenters. The highest BCUT2D eigenvalue weighted by atomic mass is 14.9. The smallest absolute Gasteiger partial charge is 0.160 e. The van der Waals surface area contributed by atoms with Crippen molar-refractivity contribution >= 4 is 21.5 Å². The molecule has 0 bridgehead atoms. The Bertz CT molecular complexity index is 2570. The van der Waals surface area contributed by atoms with E-state index in [0.717, 1.165) is 39.3 Å². The third-order valence-corrected chi connectivity index (χ3v) is 9.33. The topological polar surface area (TPSA) is 41.6 Å². The normalized spacial score (nSPS) is 11.3. The van der Waals surface area contributed by atoms with Gasteiger partial charge in [-0.25, -0.2) is 9.97 Å². The first-order valence-corrected chi connectivity index (χ1v) is 16.6. The third kappa shape index (κ3) is 5.48. The van der Waals surface area contributed by atoms with Crippen molar-refractivity contribution in [3.05, 3.63) is 182 Å². The zero-order chi connectivity index (χ0) is 32.6. The van der Waals surface area contributed by atoms with Crippen LogP contribution < -0.4 is 0 Å². The predicted molar refractivity (Wildman–Crippen MR) is 204 cm³/mol.